The van der Waals surface area contributed by atoms with Gasteiger partial charge in [-0.2, -0.15) is 0 Å². The molecule has 4 heteroatoms. The van der Waals surface area contributed by atoms with Crippen LogP contribution >= 0.6 is 31.9 Å². The Labute approximate surface area is 405 Å². The molecule has 0 aromatic heterocycles. The summed E-state index contributed by atoms with van der Waals surface area (Å²) in [7, 11) is 0. The second kappa shape index (κ2) is 22.4. The summed E-state index contributed by atoms with van der Waals surface area (Å²) in [6.07, 6.45) is 17.8. The molecular formula is C60H74Br2N2. The van der Waals surface area contributed by atoms with Crippen LogP contribution in [0.2, 0.25) is 0 Å². The average molecular weight is 983 g/mol. The number of halogens is 2. The van der Waals surface area contributed by atoms with Crippen molar-refractivity contribution in [2.24, 2.45) is 0 Å². The highest BCUT2D eigenvalue weighted by Crippen LogP contribution is 2.57. The number of fused-ring (bicyclic) bond motifs is 3. The van der Waals surface area contributed by atoms with E-state index < -0.39 is 0 Å². The van der Waals surface area contributed by atoms with Gasteiger partial charge < -0.3 is 9.80 Å². The fourth-order valence-corrected chi connectivity index (χ4v) is 11.4. The van der Waals surface area contributed by atoms with Gasteiger partial charge >= 0.3 is 0 Å². The normalized spacial score (nSPS) is 12.5. The second-order valence-corrected chi connectivity index (χ2v) is 20.5. The molecule has 0 bridgehead atoms. The lowest BCUT2D eigenvalue weighted by Gasteiger charge is -2.36. The molecule has 0 spiro atoms. The van der Waals surface area contributed by atoms with Gasteiger partial charge in [0.15, 0.2) is 0 Å². The Bertz CT molecular complexity index is 2260. The van der Waals surface area contributed by atoms with Crippen molar-refractivity contribution in [3.63, 3.8) is 0 Å². The van der Waals surface area contributed by atoms with E-state index in [0.29, 0.717) is 0 Å². The van der Waals surface area contributed by atoms with Crippen molar-refractivity contribution < 1.29 is 0 Å². The van der Waals surface area contributed by atoms with E-state index in [1.54, 1.807) is 0 Å². The van der Waals surface area contributed by atoms with Crippen LogP contribution in [0.1, 0.15) is 156 Å². The summed E-state index contributed by atoms with van der Waals surface area (Å²) in [5.74, 6) is 0. The summed E-state index contributed by atoms with van der Waals surface area (Å²) in [6, 6.07) is 42.1. The van der Waals surface area contributed by atoms with Gasteiger partial charge in [-0.25, -0.2) is 0 Å². The first kappa shape index (κ1) is 49.3. The molecule has 1 aliphatic rings. The van der Waals surface area contributed by atoms with Gasteiger partial charge in [0.25, 0.3) is 0 Å². The zero-order valence-corrected chi connectivity index (χ0v) is 42.6. The van der Waals surface area contributed by atoms with Crippen LogP contribution in [0, 0.1) is 41.5 Å². The number of benzene rings is 6. The summed E-state index contributed by atoms with van der Waals surface area (Å²) >= 11 is 7.48. The van der Waals surface area contributed by atoms with Crippen LogP contribution in [0.15, 0.2) is 118 Å². The van der Waals surface area contributed by atoms with Crippen LogP contribution in [-0.4, -0.2) is 0 Å². The van der Waals surface area contributed by atoms with Crippen LogP contribution in [-0.2, 0) is 5.41 Å². The van der Waals surface area contributed by atoms with Crippen LogP contribution in [0.3, 0.4) is 0 Å². The van der Waals surface area contributed by atoms with E-state index in [1.165, 1.54) is 167 Å². The van der Waals surface area contributed by atoms with Gasteiger partial charge in [-0.3, -0.25) is 0 Å². The Kier molecular flexibility index (Phi) is 17.2. The van der Waals surface area contributed by atoms with E-state index in [9.17, 15) is 0 Å². The minimum atomic E-state index is -0.113. The molecule has 0 saturated carbocycles. The van der Waals surface area contributed by atoms with Crippen molar-refractivity contribution in [1.29, 1.82) is 0 Å². The van der Waals surface area contributed by atoms with Crippen molar-refractivity contribution in [3.8, 4) is 11.1 Å². The van der Waals surface area contributed by atoms with Crippen molar-refractivity contribution in [1.82, 2.24) is 0 Å². The molecule has 338 valence electrons. The lowest BCUT2D eigenvalue weighted by Crippen LogP contribution is -2.26. The molecule has 0 atom stereocenters. The van der Waals surface area contributed by atoms with Gasteiger partial charge in [0.1, 0.15) is 0 Å². The third kappa shape index (κ3) is 10.8. The highest BCUT2D eigenvalue weighted by Gasteiger charge is 2.43. The van der Waals surface area contributed by atoms with Crippen LogP contribution in [0.25, 0.3) is 11.1 Å². The highest BCUT2D eigenvalue weighted by atomic mass is 79.9. The first-order valence-corrected chi connectivity index (χ1v) is 25.6. The lowest BCUT2D eigenvalue weighted by molar-refractivity contribution is 0.398. The monoisotopic (exact) mass is 980 g/mol. The Morgan fingerprint density at radius 3 is 1.05 bits per heavy atom. The van der Waals surface area contributed by atoms with Gasteiger partial charge in [0, 0.05) is 37.1 Å². The summed E-state index contributed by atoms with van der Waals surface area (Å²) in [6.45, 7) is 18.2. The molecule has 0 amide bonds. The maximum absolute atomic E-state index is 3.74. The number of hydrogen-bond donors (Lipinski definition) is 0. The molecule has 0 N–H and O–H groups in total. The molecule has 0 fully saturated rings. The van der Waals surface area contributed by atoms with Crippen molar-refractivity contribution >= 4 is 66.0 Å². The quantitative estimate of drug-likeness (QED) is 0.0704. The van der Waals surface area contributed by atoms with E-state index in [4.69, 9.17) is 0 Å². The van der Waals surface area contributed by atoms with Gasteiger partial charge in [-0.05, 0) is 172 Å². The molecule has 2 nitrogen and oxygen atoms in total. The fourth-order valence-electron chi connectivity index (χ4n) is 10.9. The Hall–Kier alpha value is -4.12. The fraction of sp³-hybridized carbons (Fsp3) is 0.400. The minimum absolute atomic E-state index is 0. The number of anilines is 6. The molecule has 0 radical (unpaired) electrons. The first-order chi connectivity index (χ1) is 30.4. The van der Waals surface area contributed by atoms with Crippen LogP contribution in [0.5, 0.6) is 0 Å². The highest BCUT2D eigenvalue weighted by molar-refractivity contribution is 9.10. The summed E-state index contributed by atoms with van der Waals surface area (Å²) < 4.78 is 2.18. The van der Waals surface area contributed by atoms with Crippen molar-refractivity contribution in [2.45, 2.75) is 158 Å². The van der Waals surface area contributed by atoms with E-state index >= 15 is 0 Å². The standard InChI is InChI=1S/C59H70Br2N2.CH4/c1-9-11-13-15-17-19-33-59(34-20-18-16-14-12-10-2)55-39-51(62(49-25-21-47(60)22-26-49)57-43(5)35-41(3)36-44(57)6)29-31-53(55)54-32-30-52(40-56(54)59)63(50-27-23-48(61)24-28-50)58-45(7)37-42(4)38-46(58)8;/h21-32,35-40H,9-20,33-34H2,1-8H3;1H4. The maximum atomic E-state index is 3.74. The van der Waals surface area contributed by atoms with E-state index in [0.717, 1.165) is 21.8 Å². The first-order valence-electron chi connectivity index (χ1n) is 24.0. The Morgan fingerprint density at radius 1 is 0.391 bits per heavy atom. The van der Waals surface area contributed by atoms with Gasteiger partial charge in [0.2, 0.25) is 0 Å². The molecule has 6 aromatic rings. The molecule has 6 aromatic carbocycles. The smallest absolute Gasteiger partial charge is 0.0520 e. The zero-order valence-electron chi connectivity index (χ0n) is 39.4. The molecule has 0 heterocycles. The van der Waals surface area contributed by atoms with Gasteiger partial charge in [0.05, 0.1) is 11.4 Å². The number of aryl methyl sites for hydroxylation is 6. The van der Waals surface area contributed by atoms with E-state index in [2.05, 4.69) is 206 Å². The molecule has 7 rings (SSSR count). The molecule has 0 unspecified atom stereocenters. The number of unbranched alkanes of at least 4 members (excludes halogenated alkanes) is 10. The zero-order chi connectivity index (χ0) is 44.7. The molecular weight excluding hydrogens is 908 g/mol. The van der Waals surface area contributed by atoms with Crippen LogP contribution < -0.4 is 9.80 Å². The van der Waals surface area contributed by atoms with E-state index in [1.807, 2.05) is 0 Å². The topological polar surface area (TPSA) is 6.48 Å². The molecule has 0 saturated heterocycles. The lowest BCUT2D eigenvalue weighted by atomic mass is 9.70. The summed E-state index contributed by atoms with van der Waals surface area (Å²) in [5, 5.41) is 0. The number of nitrogens with zero attached hydrogens (tertiary/aromatic N) is 2. The number of hydrogen-bond acceptors (Lipinski definition) is 2. The van der Waals surface area contributed by atoms with Gasteiger partial charge in [-0.1, -0.05) is 178 Å². The largest absolute Gasteiger partial charge is 0.310 e. The maximum Gasteiger partial charge on any atom is 0.0520 e. The van der Waals surface area contributed by atoms with Crippen molar-refractivity contribution in [2.75, 3.05) is 9.80 Å². The second-order valence-electron chi connectivity index (χ2n) is 18.7. The van der Waals surface area contributed by atoms with Gasteiger partial charge in [-0.15, -0.1) is 0 Å². The summed E-state index contributed by atoms with van der Waals surface area (Å²) in [4.78, 5) is 5.06. The molecule has 64 heavy (non-hydrogen) atoms. The van der Waals surface area contributed by atoms with Crippen molar-refractivity contribution in [3.05, 3.63) is 163 Å². The predicted molar refractivity (Wildman–Crippen MR) is 289 cm³/mol. The third-order valence-electron chi connectivity index (χ3n) is 13.6. The third-order valence-corrected chi connectivity index (χ3v) is 14.7. The molecule has 1 aliphatic carbocycles. The summed E-state index contributed by atoms with van der Waals surface area (Å²) in [5.41, 5.74) is 20.9. The Morgan fingerprint density at radius 2 is 0.703 bits per heavy atom. The SMILES string of the molecule is C.CCCCCCCCC1(CCCCCCCC)c2cc(N(c3ccc(Br)cc3)c3c(C)cc(C)cc3C)ccc2-c2ccc(N(c3ccc(Br)cc3)c3c(C)cc(C)cc3C)cc21. The predicted octanol–water partition coefficient (Wildman–Crippen LogP) is 20.4. The molecule has 0 aliphatic heterocycles. The average Bonchev–Trinajstić information content (AvgIpc) is 3.51. The van der Waals surface area contributed by atoms with Crippen LogP contribution in [0.4, 0.5) is 34.1 Å². The van der Waals surface area contributed by atoms with E-state index in [-0.39, 0.29) is 12.8 Å². The minimum Gasteiger partial charge on any atom is -0.310 e. The number of rotatable bonds is 20. The Balaban J connectivity index is 0.00000680.